The number of rotatable bonds is 11. The Morgan fingerprint density at radius 2 is 1.48 bits per heavy atom. The van der Waals surface area contributed by atoms with Crippen molar-refractivity contribution in [1.29, 1.82) is 0 Å². The summed E-state index contributed by atoms with van der Waals surface area (Å²) < 4.78 is 4.77. The largest absolute Gasteiger partial charge is 0.288 e. The average molecular weight is 314 g/mol. The van der Waals surface area contributed by atoms with Crippen LogP contribution in [0.15, 0.2) is 42.7 Å². The van der Waals surface area contributed by atoms with Gasteiger partial charge in [-0.3, -0.25) is 0 Å². The van der Waals surface area contributed by atoms with E-state index in [2.05, 4.69) is 65.7 Å². The number of hydrogen-bond donors (Lipinski definition) is 0. The maximum Gasteiger partial charge on any atom is 0.288 e. The summed E-state index contributed by atoms with van der Waals surface area (Å²) in [7, 11) is 0. The van der Waals surface area contributed by atoms with Crippen LogP contribution < -0.4 is 4.57 Å². The van der Waals surface area contributed by atoms with E-state index in [9.17, 15) is 0 Å². The van der Waals surface area contributed by atoms with E-state index in [-0.39, 0.29) is 0 Å². The summed E-state index contributed by atoms with van der Waals surface area (Å²) in [6, 6.07) is 10.8. The van der Waals surface area contributed by atoms with Gasteiger partial charge in [0.15, 0.2) is 0 Å². The van der Waals surface area contributed by atoms with Crippen molar-refractivity contribution >= 4 is 0 Å². The van der Waals surface area contributed by atoms with Gasteiger partial charge in [0.2, 0.25) is 0 Å². The van der Waals surface area contributed by atoms with Crippen molar-refractivity contribution in [3.63, 3.8) is 0 Å². The van der Waals surface area contributed by atoms with Gasteiger partial charge in [0.1, 0.15) is 12.4 Å². The Morgan fingerprint density at radius 1 is 0.826 bits per heavy atom. The molecule has 2 heteroatoms. The van der Waals surface area contributed by atoms with E-state index in [4.69, 9.17) is 0 Å². The average Bonchev–Trinajstić information content (AvgIpc) is 3.01. The predicted molar refractivity (Wildman–Crippen MR) is 98.3 cm³/mol. The summed E-state index contributed by atoms with van der Waals surface area (Å²) >= 11 is 0. The van der Waals surface area contributed by atoms with E-state index in [1.807, 2.05) is 0 Å². The fourth-order valence-electron chi connectivity index (χ4n) is 3.24. The molecule has 2 nitrogen and oxygen atoms in total. The molecule has 1 aromatic carbocycles. The maximum absolute atomic E-state index is 2.43. The molecule has 0 radical (unpaired) electrons. The molecule has 0 fully saturated rings. The van der Waals surface area contributed by atoms with Crippen molar-refractivity contribution in [1.82, 2.24) is 4.57 Å². The van der Waals surface area contributed by atoms with Gasteiger partial charge in [-0.1, -0.05) is 63.6 Å². The molecule has 0 amide bonds. The quantitative estimate of drug-likeness (QED) is 0.377. The molecule has 0 saturated heterocycles. The number of hydrogen-bond acceptors (Lipinski definition) is 0. The van der Waals surface area contributed by atoms with Crippen LogP contribution in [0.5, 0.6) is 0 Å². The molecule has 2 rings (SSSR count). The molecule has 1 heterocycles. The molecule has 0 aliphatic carbocycles. The van der Waals surface area contributed by atoms with Gasteiger partial charge in [-0.05, 0) is 31.9 Å². The lowest BCUT2D eigenvalue weighted by atomic mass is 10.1. The Kier molecular flexibility index (Phi) is 7.92. The van der Waals surface area contributed by atoms with Gasteiger partial charge >= 0.3 is 0 Å². The first kappa shape index (κ1) is 17.8. The first-order chi connectivity index (χ1) is 11.4. The second kappa shape index (κ2) is 10.3. The van der Waals surface area contributed by atoms with E-state index in [1.165, 1.54) is 62.8 Å². The number of aryl methyl sites for hydroxylation is 2. The lowest BCUT2D eigenvalue weighted by Crippen LogP contribution is -2.34. The zero-order valence-electron chi connectivity index (χ0n) is 15.0. The van der Waals surface area contributed by atoms with Crippen LogP contribution in [0, 0.1) is 0 Å². The first-order valence-corrected chi connectivity index (χ1v) is 9.50. The van der Waals surface area contributed by atoms with Crippen molar-refractivity contribution in [2.45, 2.75) is 78.3 Å². The van der Waals surface area contributed by atoms with Crippen molar-refractivity contribution in [3.8, 4) is 11.4 Å². The molecule has 0 saturated carbocycles. The minimum absolute atomic E-state index is 1.02. The minimum atomic E-state index is 1.02. The van der Waals surface area contributed by atoms with Gasteiger partial charge in [0.25, 0.3) is 5.82 Å². The molecule has 0 spiro atoms. The molecular weight excluding hydrogens is 280 g/mol. The molecule has 0 unspecified atom stereocenters. The number of imidazole rings is 1. The van der Waals surface area contributed by atoms with Crippen molar-refractivity contribution in [2.24, 2.45) is 0 Å². The number of unbranched alkanes of at least 4 members (excludes halogenated alkanes) is 7. The third-order valence-electron chi connectivity index (χ3n) is 4.60. The molecular formula is C21H33N2+. The van der Waals surface area contributed by atoms with Crippen LogP contribution in [-0.2, 0) is 13.1 Å². The Bertz CT molecular complexity index is 542. The fraction of sp³-hybridized carbons (Fsp3) is 0.571. The summed E-state index contributed by atoms with van der Waals surface area (Å²) in [5, 5.41) is 0. The van der Waals surface area contributed by atoms with Crippen LogP contribution in [-0.4, -0.2) is 4.57 Å². The molecule has 0 bridgehead atoms. The van der Waals surface area contributed by atoms with Crippen molar-refractivity contribution < 1.29 is 4.57 Å². The Balaban J connectivity index is 1.83. The molecule has 126 valence electrons. The molecule has 23 heavy (non-hydrogen) atoms. The lowest BCUT2D eigenvalue weighted by molar-refractivity contribution is -0.686. The molecule has 0 atom stereocenters. The Morgan fingerprint density at radius 3 is 2.13 bits per heavy atom. The summed E-state index contributed by atoms with van der Waals surface area (Å²) in [6.07, 6.45) is 15.5. The zero-order chi connectivity index (χ0) is 16.3. The molecule has 2 aromatic rings. The van der Waals surface area contributed by atoms with Crippen LogP contribution in [0.1, 0.15) is 65.2 Å². The van der Waals surface area contributed by atoms with Crippen LogP contribution in [0.2, 0.25) is 0 Å². The zero-order valence-corrected chi connectivity index (χ0v) is 15.0. The SMILES string of the molecule is CCCCCCCCCC[n+]1ccn(CC)c1-c1ccccc1. The third kappa shape index (κ3) is 5.53. The summed E-state index contributed by atoms with van der Waals surface area (Å²) in [4.78, 5) is 0. The molecule has 1 aromatic heterocycles. The Hall–Kier alpha value is -1.57. The van der Waals surface area contributed by atoms with E-state index < -0.39 is 0 Å². The smallest absolute Gasteiger partial charge is 0.230 e. The summed E-state index contributed by atoms with van der Waals surface area (Å²) in [6.45, 7) is 6.65. The second-order valence-electron chi connectivity index (χ2n) is 6.44. The van der Waals surface area contributed by atoms with Crippen molar-refractivity contribution in [3.05, 3.63) is 42.7 Å². The highest BCUT2D eigenvalue weighted by atomic mass is 15.1. The molecule has 0 N–H and O–H groups in total. The highest BCUT2D eigenvalue weighted by Crippen LogP contribution is 2.16. The summed E-state index contributed by atoms with van der Waals surface area (Å²) in [5.41, 5.74) is 1.32. The Labute approximate surface area is 142 Å². The van der Waals surface area contributed by atoms with E-state index in [1.54, 1.807) is 0 Å². The minimum Gasteiger partial charge on any atom is -0.230 e. The highest BCUT2D eigenvalue weighted by molar-refractivity contribution is 5.52. The van der Waals surface area contributed by atoms with Crippen LogP contribution in [0.25, 0.3) is 11.4 Å². The maximum atomic E-state index is 2.43. The van der Waals surface area contributed by atoms with E-state index >= 15 is 0 Å². The summed E-state index contributed by atoms with van der Waals surface area (Å²) in [5.74, 6) is 1.34. The second-order valence-corrected chi connectivity index (χ2v) is 6.44. The van der Waals surface area contributed by atoms with Crippen LogP contribution >= 0.6 is 0 Å². The fourth-order valence-corrected chi connectivity index (χ4v) is 3.24. The van der Waals surface area contributed by atoms with Crippen molar-refractivity contribution in [2.75, 3.05) is 0 Å². The van der Waals surface area contributed by atoms with Crippen LogP contribution in [0.3, 0.4) is 0 Å². The monoisotopic (exact) mass is 313 g/mol. The number of benzene rings is 1. The van der Waals surface area contributed by atoms with Gasteiger partial charge in [0, 0.05) is 0 Å². The number of nitrogens with zero attached hydrogens (tertiary/aromatic N) is 2. The number of aromatic nitrogens is 2. The predicted octanol–water partition coefficient (Wildman–Crippen LogP) is 5.60. The topological polar surface area (TPSA) is 8.81 Å². The normalized spacial score (nSPS) is 11.0. The lowest BCUT2D eigenvalue weighted by Gasteiger charge is -2.05. The van der Waals surface area contributed by atoms with Gasteiger partial charge in [-0.15, -0.1) is 0 Å². The molecule has 0 aliphatic rings. The van der Waals surface area contributed by atoms with Crippen LogP contribution in [0.4, 0.5) is 0 Å². The van der Waals surface area contributed by atoms with Gasteiger partial charge in [-0.2, -0.15) is 0 Å². The van der Waals surface area contributed by atoms with E-state index in [0.29, 0.717) is 0 Å². The molecule has 0 aliphatic heterocycles. The van der Waals surface area contributed by atoms with Gasteiger partial charge in [0.05, 0.1) is 18.7 Å². The van der Waals surface area contributed by atoms with Gasteiger partial charge in [-0.25, -0.2) is 9.13 Å². The first-order valence-electron chi connectivity index (χ1n) is 9.50. The van der Waals surface area contributed by atoms with E-state index in [0.717, 1.165) is 13.1 Å². The third-order valence-corrected chi connectivity index (χ3v) is 4.60. The standard InChI is InChI=1S/C21H33N2/c1-3-5-6-7-8-9-10-14-17-23-19-18-22(4-2)21(23)20-15-12-11-13-16-20/h11-13,15-16,18-19H,3-10,14,17H2,1-2H3/q+1. The van der Waals surface area contributed by atoms with Gasteiger partial charge < -0.3 is 0 Å². The highest BCUT2D eigenvalue weighted by Gasteiger charge is 2.17.